The van der Waals surface area contributed by atoms with Gasteiger partial charge in [0.25, 0.3) is 0 Å². The second kappa shape index (κ2) is 9.28. The molecular formula is C28H28N2O9. The number of carbonyl (C=O) groups excluding carboxylic acids is 5. The molecule has 2 saturated carbocycles. The van der Waals surface area contributed by atoms with Crippen molar-refractivity contribution in [1.82, 2.24) is 4.90 Å². The van der Waals surface area contributed by atoms with Crippen molar-refractivity contribution in [2.24, 2.45) is 29.4 Å². The van der Waals surface area contributed by atoms with Gasteiger partial charge in [0, 0.05) is 17.6 Å². The van der Waals surface area contributed by atoms with Crippen molar-refractivity contribution in [1.29, 1.82) is 0 Å². The Kier molecular flexibility index (Phi) is 6.31. The van der Waals surface area contributed by atoms with Gasteiger partial charge in [-0.05, 0) is 62.7 Å². The zero-order chi connectivity index (χ0) is 28.4. The molecule has 4 N–H and O–H groups in total. The Morgan fingerprint density at radius 3 is 2.51 bits per heavy atom. The lowest BCUT2D eigenvalue weighted by Gasteiger charge is -2.52. The van der Waals surface area contributed by atoms with Gasteiger partial charge >= 0.3 is 0 Å². The Balaban J connectivity index is 1.62. The Morgan fingerprint density at radius 1 is 1.15 bits per heavy atom. The molecule has 1 amide bonds. The van der Waals surface area contributed by atoms with E-state index < -0.39 is 64.4 Å². The van der Waals surface area contributed by atoms with Crippen LogP contribution >= 0.6 is 0 Å². The minimum absolute atomic E-state index is 0.0288. The number of primary amides is 1. The number of benzene rings is 1. The van der Waals surface area contributed by atoms with Gasteiger partial charge < -0.3 is 25.1 Å². The number of nitrogens with two attached hydrogens (primary N) is 1. The maximum absolute atomic E-state index is 13.9. The van der Waals surface area contributed by atoms with Crippen LogP contribution in [0.25, 0.3) is 17.4 Å². The van der Waals surface area contributed by atoms with E-state index in [1.54, 1.807) is 24.3 Å². The smallest absolute Gasteiger partial charge is 0.235 e. The summed E-state index contributed by atoms with van der Waals surface area (Å²) < 4.78 is 10.8. The van der Waals surface area contributed by atoms with Crippen LogP contribution in [-0.2, 0) is 30.3 Å². The average Bonchev–Trinajstić information content (AvgIpc) is 3.33. The summed E-state index contributed by atoms with van der Waals surface area (Å²) in [6.45, 7) is 0. The van der Waals surface area contributed by atoms with Crippen molar-refractivity contribution in [3.8, 4) is 17.1 Å². The van der Waals surface area contributed by atoms with E-state index in [1.165, 1.54) is 38.4 Å². The number of hydrogen-bond acceptors (Lipinski definition) is 10. The van der Waals surface area contributed by atoms with Crippen LogP contribution in [0, 0.1) is 23.7 Å². The molecule has 1 aromatic heterocycles. The van der Waals surface area contributed by atoms with E-state index in [2.05, 4.69) is 0 Å². The number of ketones is 4. The number of Topliss-reactive ketones (excluding diaryl/α,β-unsaturated/α-hetero) is 4. The maximum atomic E-state index is 13.9. The van der Waals surface area contributed by atoms with Gasteiger partial charge in [-0.1, -0.05) is 0 Å². The third-order valence-electron chi connectivity index (χ3n) is 8.21. The van der Waals surface area contributed by atoms with E-state index in [0.717, 1.165) is 0 Å². The minimum atomic E-state index is -2.76. The van der Waals surface area contributed by atoms with Crippen LogP contribution in [0.5, 0.6) is 5.75 Å². The van der Waals surface area contributed by atoms with E-state index in [1.807, 2.05) is 0 Å². The Morgan fingerprint density at radius 2 is 1.87 bits per heavy atom. The van der Waals surface area contributed by atoms with E-state index in [9.17, 15) is 34.2 Å². The van der Waals surface area contributed by atoms with Crippen LogP contribution < -0.4 is 5.73 Å². The molecule has 2 aromatic rings. The lowest BCUT2D eigenvalue weighted by atomic mass is 9.52. The highest BCUT2D eigenvalue weighted by Crippen LogP contribution is 2.51. The Labute approximate surface area is 223 Å². The number of methoxy groups -OCH3 is 1. The topological polar surface area (TPSA) is 177 Å². The Bertz CT molecular complexity index is 1450. The van der Waals surface area contributed by atoms with Gasteiger partial charge in [-0.3, -0.25) is 28.9 Å². The first-order valence-corrected chi connectivity index (χ1v) is 12.4. The molecule has 2 fully saturated rings. The van der Waals surface area contributed by atoms with E-state index in [0.29, 0.717) is 22.6 Å². The second-order valence-electron chi connectivity index (χ2n) is 10.5. The van der Waals surface area contributed by atoms with Crippen molar-refractivity contribution in [3.63, 3.8) is 0 Å². The van der Waals surface area contributed by atoms with Crippen LogP contribution in [0.3, 0.4) is 0 Å². The molecule has 0 radical (unpaired) electrons. The standard InChI is InChI=1S/C28H28N2O9/c1-30(2)22-16-11-12-10-15-14(18-7-4-13(39-18)8-9-38-3)5-6-17(31)20(15)23(32)19(12)25(34)28(16,37)26(35)21(24(22)33)27(29)36/h4-9,12,16,19,21-22,31,37H,10-11H2,1-3H3,(H2,29,36)/t12-,16-,19?,21?,22?,28-/m1/s1. The van der Waals surface area contributed by atoms with Crippen LogP contribution in [0.1, 0.15) is 28.1 Å². The zero-order valence-corrected chi connectivity index (χ0v) is 21.5. The number of nitrogens with zero attached hydrogens (tertiary/aromatic N) is 1. The molecule has 11 heteroatoms. The molecule has 39 heavy (non-hydrogen) atoms. The molecule has 11 nitrogen and oxygen atoms in total. The van der Waals surface area contributed by atoms with Gasteiger partial charge in [-0.15, -0.1) is 0 Å². The molecule has 1 aromatic carbocycles. The highest BCUT2D eigenvalue weighted by Gasteiger charge is 2.69. The Hall–Kier alpha value is -4.09. The molecule has 0 bridgehead atoms. The summed E-state index contributed by atoms with van der Waals surface area (Å²) in [5.74, 6) is -9.95. The number of ether oxygens (including phenoxy) is 1. The van der Waals surface area contributed by atoms with Crippen molar-refractivity contribution >= 4 is 35.1 Å². The largest absolute Gasteiger partial charge is 0.507 e. The fraction of sp³-hybridized carbons (Fsp3) is 0.393. The first-order valence-electron chi connectivity index (χ1n) is 12.4. The molecule has 1 heterocycles. The number of rotatable bonds is 5. The average molecular weight is 537 g/mol. The van der Waals surface area contributed by atoms with Crippen molar-refractivity contribution in [2.45, 2.75) is 24.5 Å². The van der Waals surface area contributed by atoms with Crippen LogP contribution in [-0.4, -0.2) is 77.0 Å². The third kappa shape index (κ3) is 3.75. The first kappa shape index (κ1) is 26.5. The number of aliphatic hydroxyl groups is 1. The van der Waals surface area contributed by atoms with E-state index in [-0.39, 0.29) is 24.2 Å². The van der Waals surface area contributed by atoms with Gasteiger partial charge in [-0.2, -0.15) is 0 Å². The quantitative estimate of drug-likeness (QED) is 0.365. The van der Waals surface area contributed by atoms with Crippen LogP contribution in [0.2, 0.25) is 0 Å². The summed E-state index contributed by atoms with van der Waals surface area (Å²) >= 11 is 0. The first-order chi connectivity index (χ1) is 18.4. The summed E-state index contributed by atoms with van der Waals surface area (Å²) in [6, 6.07) is 5.18. The molecule has 0 aliphatic heterocycles. The van der Waals surface area contributed by atoms with Crippen molar-refractivity contribution in [2.75, 3.05) is 21.2 Å². The second-order valence-corrected chi connectivity index (χ2v) is 10.5. The number of phenols is 1. The molecule has 204 valence electrons. The summed E-state index contributed by atoms with van der Waals surface area (Å²) in [4.78, 5) is 67.7. The van der Waals surface area contributed by atoms with Crippen molar-refractivity contribution < 1.29 is 43.3 Å². The van der Waals surface area contributed by atoms with Crippen molar-refractivity contribution in [3.05, 3.63) is 47.4 Å². The van der Waals surface area contributed by atoms with Gasteiger partial charge in [0.05, 0.1) is 30.9 Å². The van der Waals surface area contributed by atoms with Crippen LogP contribution in [0.4, 0.5) is 0 Å². The highest BCUT2D eigenvalue weighted by atomic mass is 16.5. The predicted octanol–water partition coefficient (Wildman–Crippen LogP) is 0.744. The summed E-state index contributed by atoms with van der Waals surface area (Å²) in [7, 11) is 4.57. The third-order valence-corrected chi connectivity index (χ3v) is 8.21. The molecular weight excluding hydrogens is 508 g/mol. The lowest BCUT2D eigenvalue weighted by molar-refractivity contribution is -0.181. The molecule has 3 aliphatic rings. The molecule has 0 saturated heterocycles. The van der Waals surface area contributed by atoms with Crippen LogP contribution in [0.15, 0.2) is 34.9 Å². The number of hydrogen-bond donors (Lipinski definition) is 3. The van der Waals surface area contributed by atoms with E-state index in [4.69, 9.17) is 14.9 Å². The fourth-order valence-corrected chi connectivity index (χ4v) is 6.56. The van der Waals surface area contributed by atoms with E-state index >= 15 is 0 Å². The number of phenolic OH excluding ortho intramolecular Hbond substituents is 1. The van der Waals surface area contributed by atoms with Gasteiger partial charge in [0.15, 0.2) is 34.7 Å². The minimum Gasteiger partial charge on any atom is -0.507 e. The maximum Gasteiger partial charge on any atom is 0.235 e. The summed E-state index contributed by atoms with van der Waals surface area (Å²) in [5, 5.41) is 22.3. The number of furan rings is 1. The predicted molar refractivity (Wildman–Crippen MR) is 135 cm³/mol. The SMILES string of the molecule is COC=Cc1ccc(-c2ccc(O)c3c2C[C@@H]2C[C@@H]4C(N(C)C)C(=O)C(C(N)=O)C(=O)[C@]4(O)C(=O)C2C3=O)o1. The number of aromatic hydroxyl groups is 1. The highest BCUT2D eigenvalue weighted by molar-refractivity contribution is 6.32. The number of likely N-dealkylation sites (N-methyl/N-ethyl adjacent to an activating group) is 1. The van der Waals surface area contributed by atoms with Gasteiger partial charge in [0.2, 0.25) is 5.91 Å². The zero-order valence-electron chi connectivity index (χ0n) is 21.5. The number of fused-ring (bicyclic) bond motifs is 3. The monoisotopic (exact) mass is 536 g/mol. The number of amides is 1. The molecule has 0 spiro atoms. The molecule has 6 atom stereocenters. The lowest BCUT2D eigenvalue weighted by Crippen LogP contribution is -2.74. The van der Waals surface area contributed by atoms with Gasteiger partial charge in [0.1, 0.15) is 17.3 Å². The van der Waals surface area contributed by atoms with Gasteiger partial charge in [-0.25, -0.2) is 0 Å². The summed E-state index contributed by atoms with van der Waals surface area (Å²) in [6.07, 6.45) is 3.16. The summed E-state index contributed by atoms with van der Waals surface area (Å²) in [5.41, 5.74) is 3.48. The number of carbonyl (C=O) groups is 5. The fourth-order valence-electron chi connectivity index (χ4n) is 6.56. The molecule has 3 unspecified atom stereocenters. The molecule has 5 rings (SSSR count). The molecule has 3 aliphatic carbocycles. The normalized spacial score (nSPS) is 30.3.